The van der Waals surface area contributed by atoms with E-state index in [0.29, 0.717) is 0 Å². The summed E-state index contributed by atoms with van der Waals surface area (Å²) in [5.74, 6) is 0. The highest BCUT2D eigenvalue weighted by Gasteiger charge is 2.14. The molecule has 0 heterocycles. The van der Waals surface area contributed by atoms with Crippen molar-refractivity contribution in [2.75, 3.05) is 33.1 Å². The van der Waals surface area contributed by atoms with Gasteiger partial charge in [-0.25, -0.2) is 0 Å². The summed E-state index contributed by atoms with van der Waals surface area (Å²) in [6, 6.07) is 8.36. The van der Waals surface area contributed by atoms with Crippen LogP contribution < -0.4 is 4.90 Å². The minimum atomic E-state index is 0.742. The number of likely N-dealkylation sites (N-methyl/N-ethyl adjacent to an activating group) is 1. The van der Waals surface area contributed by atoms with Gasteiger partial charge < -0.3 is 9.80 Å². The molecule has 0 N–H and O–H groups in total. The molecule has 0 radical (unpaired) electrons. The van der Waals surface area contributed by atoms with Crippen LogP contribution in [0.4, 0.5) is 5.69 Å². The summed E-state index contributed by atoms with van der Waals surface area (Å²) >= 11 is 0. The van der Waals surface area contributed by atoms with Crippen molar-refractivity contribution in [1.29, 1.82) is 5.26 Å². The number of rotatable bonds is 3. The van der Waals surface area contributed by atoms with E-state index in [-0.39, 0.29) is 0 Å². The molecule has 98 valence electrons. The number of nitrogens with zero attached hydrogens (tertiary/aromatic N) is 3. The summed E-state index contributed by atoms with van der Waals surface area (Å²) in [5, 5.41) is 9.34. The van der Waals surface area contributed by atoms with Crippen molar-refractivity contribution < 1.29 is 0 Å². The van der Waals surface area contributed by atoms with Gasteiger partial charge in [-0.3, -0.25) is 0 Å². The Bertz CT molecular complexity index is 587. The van der Waals surface area contributed by atoms with Crippen molar-refractivity contribution >= 4 is 11.3 Å². The highest BCUT2D eigenvalue weighted by Crippen LogP contribution is 2.31. The molecule has 0 aromatic heterocycles. The number of hydrogen-bond acceptors (Lipinski definition) is 3. The smallest absolute Gasteiger partial charge is 0.0998 e. The van der Waals surface area contributed by atoms with E-state index in [2.05, 4.69) is 29.2 Å². The zero-order valence-electron chi connectivity index (χ0n) is 11.9. The van der Waals surface area contributed by atoms with Crippen LogP contribution in [-0.2, 0) is 0 Å². The number of anilines is 1. The van der Waals surface area contributed by atoms with Gasteiger partial charge in [-0.1, -0.05) is 12.1 Å². The van der Waals surface area contributed by atoms with Crippen molar-refractivity contribution in [2.45, 2.75) is 6.42 Å². The topological polar surface area (TPSA) is 30.3 Å². The molecule has 19 heavy (non-hydrogen) atoms. The van der Waals surface area contributed by atoms with Gasteiger partial charge in [0.25, 0.3) is 0 Å². The second-order valence-corrected chi connectivity index (χ2v) is 5.13. The normalized spacial score (nSPS) is 13.6. The summed E-state index contributed by atoms with van der Waals surface area (Å²) in [7, 11) is 8.03. The lowest BCUT2D eigenvalue weighted by Crippen LogP contribution is -2.09. The Morgan fingerprint density at radius 3 is 2.37 bits per heavy atom. The Hall–Kier alpha value is -2.21. The summed E-state index contributed by atoms with van der Waals surface area (Å²) < 4.78 is 0. The maximum absolute atomic E-state index is 9.34. The van der Waals surface area contributed by atoms with Gasteiger partial charge in [0.05, 0.1) is 11.6 Å². The first kappa shape index (κ1) is 13.2. The first-order valence-corrected chi connectivity index (χ1v) is 6.33. The molecule has 1 aromatic carbocycles. The van der Waals surface area contributed by atoms with E-state index in [9.17, 15) is 5.26 Å². The van der Waals surface area contributed by atoms with Crippen LogP contribution in [0.5, 0.6) is 0 Å². The van der Waals surface area contributed by atoms with Crippen LogP contribution in [0, 0.1) is 11.3 Å². The third kappa shape index (κ3) is 2.63. The lowest BCUT2D eigenvalue weighted by atomic mass is 9.99. The van der Waals surface area contributed by atoms with Crippen LogP contribution >= 0.6 is 0 Å². The molecule has 1 aromatic rings. The second kappa shape index (κ2) is 5.19. The fourth-order valence-electron chi connectivity index (χ4n) is 2.19. The molecule has 0 atom stereocenters. The van der Waals surface area contributed by atoms with Gasteiger partial charge in [-0.2, -0.15) is 5.26 Å². The fraction of sp³-hybridized carbons (Fsp3) is 0.312. The number of hydrogen-bond donors (Lipinski definition) is 0. The Balaban J connectivity index is 2.38. The molecular formula is C16H19N3. The molecule has 0 aliphatic heterocycles. The first-order valence-electron chi connectivity index (χ1n) is 6.33. The molecule has 0 bridgehead atoms. The van der Waals surface area contributed by atoms with Gasteiger partial charge in [-0.05, 0) is 35.8 Å². The van der Waals surface area contributed by atoms with E-state index in [4.69, 9.17) is 0 Å². The van der Waals surface area contributed by atoms with Crippen molar-refractivity contribution in [3.8, 4) is 6.07 Å². The molecule has 1 aliphatic carbocycles. The van der Waals surface area contributed by atoms with Gasteiger partial charge in [0.1, 0.15) is 0 Å². The minimum Gasteiger partial charge on any atom is -0.378 e. The number of nitriles is 1. The molecule has 2 rings (SSSR count). The summed E-state index contributed by atoms with van der Waals surface area (Å²) in [4.78, 5) is 4.10. The van der Waals surface area contributed by atoms with Crippen molar-refractivity contribution in [3.63, 3.8) is 0 Å². The SMILES string of the molecule is CN(C)C1=CCC(c2ccc(N(C)C)cc2C#N)=C1. The average Bonchev–Trinajstić information content (AvgIpc) is 2.87. The van der Waals surface area contributed by atoms with Crippen molar-refractivity contribution in [3.05, 3.63) is 47.2 Å². The van der Waals surface area contributed by atoms with Crippen molar-refractivity contribution in [1.82, 2.24) is 4.90 Å². The molecular weight excluding hydrogens is 234 g/mol. The third-order valence-electron chi connectivity index (χ3n) is 3.36. The number of allylic oxidation sites excluding steroid dienone is 3. The van der Waals surface area contributed by atoms with Gasteiger partial charge >= 0.3 is 0 Å². The van der Waals surface area contributed by atoms with Crippen LogP contribution in [0.1, 0.15) is 17.5 Å². The minimum absolute atomic E-state index is 0.742. The van der Waals surface area contributed by atoms with Gasteiger partial charge in [0.15, 0.2) is 0 Å². The molecule has 0 fully saturated rings. The third-order valence-corrected chi connectivity index (χ3v) is 3.36. The quantitative estimate of drug-likeness (QED) is 0.829. The molecule has 3 heteroatoms. The number of benzene rings is 1. The van der Waals surface area contributed by atoms with E-state index in [1.165, 1.54) is 11.3 Å². The Morgan fingerprint density at radius 2 is 1.84 bits per heavy atom. The average molecular weight is 253 g/mol. The molecule has 0 saturated carbocycles. The van der Waals surface area contributed by atoms with E-state index < -0.39 is 0 Å². The van der Waals surface area contributed by atoms with Crippen LogP contribution in [0.2, 0.25) is 0 Å². The highest BCUT2D eigenvalue weighted by molar-refractivity contribution is 5.77. The monoisotopic (exact) mass is 253 g/mol. The molecule has 0 unspecified atom stereocenters. The fourth-order valence-corrected chi connectivity index (χ4v) is 2.19. The maximum Gasteiger partial charge on any atom is 0.0998 e. The molecule has 0 saturated heterocycles. The predicted octanol–water partition coefficient (Wildman–Crippen LogP) is 2.86. The van der Waals surface area contributed by atoms with Gasteiger partial charge in [0, 0.05) is 39.6 Å². The maximum atomic E-state index is 9.34. The van der Waals surface area contributed by atoms with Crippen LogP contribution in [0.3, 0.4) is 0 Å². The Kier molecular flexibility index (Phi) is 3.62. The molecule has 3 nitrogen and oxygen atoms in total. The molecule has 0 amide bonds. The van der Waals surface area contributed by atoms with Crippen LogP contribution in [-0.4, -0.2) is 33.1 Å². The summed E-state index contributed by atoms with van der Waals surface area (Å²) in [6.07, 6.45) is 5.24. The summed E-state index contributed by atoms with van der Waals surface area (Å²) in [6.45, 7) is 0. The van der Waals surface area contributed by atoms with E-state index in [0.717, 1.165) is 23.2 Å². The molecule has 1 aliphatic rings. The molecule has 0 spiro atoms. The van der Waals surface area contributed by atoms with Crippen LogP contribution in [0.25, 0.3) is 5.57 Å². The van der Waals surface area contributed by atoms with Crippen LogP contribution in [0.15, 0.2) is 36.0 Å². The first-order chi connectivity index (χ1) is 9.02. The summed E-state index contributed by atoms with van der Waals surface area (Å²) in [5.41, 5.74) is 5.26. The van der Waals surface area contributed by atoms with E-state index >= 15 is 0 Å². The lowest BCUT2D eigenvalue weighted by Gasteiger charge is -2.14. The van der Waals surface area contributed by atoms with E-state index in [1.54, 1.807) is 0 Å². The van der Waals surface area contributed by atoms with Gasteiger partial charge in [0.2, 0.25) is 0 Å². The second-order valence-electron chi connectivity index (χ2n) is 5.13. The Labute approximate surface area is 115 Å². The van der Waals surface area contributed by atoms with Crippen molar-refractivity contribution in [2.24, 2.45) is 0 Å². The lowest BCUT2D eigenvalue weighted by molar-refractivity contribution is 0.531. The largest absolute Gasteiger partial charge is 0.378 e. The van der Waals surface area contributed by atoms with Gasteiger partial charge in [-0.15, -0.1) is 0 Å². The zero-order chi connectivity index (χ0) is 14.0. The highest BCUT2D eigenvalue weighted by atomic mass is 15.1. The predicted molar refractivity (Wildman–Crippen MR) is 79.8 cm³/mol. The zero-order valence-corrected chi connectivity index (χ0v) is 11.9. The van der Waals surface area contributed by atoms with E-state index in [1.807, 2.05) is 45.2 Å². The standard InChI is InChI=1S/C16H19N3/c1-18(2)14-6-5-12(9-14)16-8-7-15(19(3)4)10-13(16)11-17/h6-10H,5H2,1-4H3. The Morgan fingerprint density at radius 1 is 1.11 bits per heavy atom.